The third-order valence-corrected chi connectivity index (χ3v) is 4.04. The quantitative estimate of drug-likeness (QED) is 0.877. The molecule has 1 aromatic heterocycles. The van der Waals surface area contributed by atoms with Crippen LogP contribution in [0.5, 0.6) is 0 Å². The van der Waals surface area contributed by atoms with Gasteiger partial charge in [0.2, 0.25) is 0 Å². The molecule has 18 heavy (non-hydrogen) atoms. The summed E-state index contributed by atoms with van der Waals surface area (Å²) in [6.45, 7) is 2.71. The average molecular weight is 282 g/mol. The van der Waals surface area contributed by atoms with Gasteiger partial charge in [-0.25, -0.2) is 0 Å². The summed E-state index contributed by atoms with van der Waals surface area (Å²) >= 11 is 7.41. The predicted octanol–water partition coefficient (Wildman–Crippen LogP) is 3.61. The number of benzene rings is 1. The monoisotopic (exact) mass is 281 g/mol. The van der Waals surface area contributed by atoms with E-state index in [-0.39, 0.29) is 6.04 Å². The van der Waals surface area contributed by atoms with Crippen LogP contribution in [0.4, 0.5) is 0 Å². The number of aliphatic hydroxyl groups excluding tert-OH is 1. The summed E-state index contributed by atoms with van der Waals surface area (Å²) in [4.78, 5) is 0.992. The zero-order valence-corrected chi connectivity index (χ0v) is 11.7. The Kier molecular flexibility index (Phi) is 4.78. The molecule has 2 nitrogen and oxygen atoms in total. The maximum atomic E-state index is 10.1. The van der Waals surface area contributed by atoms with E-state index in [0.717, 1.165) is 22.0 Å². The van der Waals surface area contributed by atoms with Crippen molar-refractivity contribution in [1.29, 1.82) is 0 Å². The number of halogens is 1. The van der Waals surface area contributed by atoms with Gasteiger partial charge in [-0.1, -0.05) is 29.8 Å². The van der Waals surface area contributed by atoms with Crippen molar-refractivity contribution in [2.75, 3.05) is 0 Å². The van der Waals surface area contributed by atoms with Crippen LogP contribution >= 0.6 is 22.9 Å². The van der Waals surface area contributed by atoms with Crippen molar-refractivity contribution in [1.82, 2.24) is 5.32 Å². The lowest BCUT2D eigenvalue weighted by molar-refractivity contribution is 0.139. The van der Waals surface area contributed by atoms with Crippen LogP contribution in [0.25, 0.3) is 0 Å². The fraction of sp³-hybridized carbons (Fsp3) is 0.286. The van der Waals surface area contributed by atoms with Crippen LogP contribution in [0.15, 0.2) is 41.8 Å². The van der Waals surface area contributed by atoms with Gasteiger partial charge in [0.15, 0.2) is 0 Å². The van der Waals surface area contributed by atoms with Crippen LogP contribution in [-0.2, 0) is 6.54 Å². The topological polar surface area (TPSA) is 32.3 Å². The molecule has 0 fully saturated rings. The first kappa shape index (κ1) is 13.6. The minimum atomic E-state index is -0.461. The number of aliphatic hydroxyl groups is 1. The van der Waals surface area contributed by atoms with Crippen LogP contribution < -0.4 is 5.32 Å². The van der Waals surface area contributed by atoms with E-state index in [1.165, 1.54) is 0 Å². The fourth-order valence-electron chi connectivity index (χ4n) is 1.70. The lowest BCUT2D eigenvalue weighted by Crippen LogP contribution is -2.31. The Morgan fingerprint density at radius 3 is 2.61 bits per heavy atom. The van der Waals surface area contributed by atoms with Crippen molar-refractivity contribution in [2.45, 2.75) is 25.6 Å². The fourth-order valence-corrected chi connectivity index (χ4v) is 2.64. The van der Waals surface area contributed by atoms with Gasteiger partial charge in [0.1, 0.15) is 6.10 Å². The lowest BCUT2D eigenvalue weighted by atomic mass is 10.1. The molecule has 2 rings (SSSR count). The standard InChI is InChI=1S/C14H16ClNOS/c1-10(14(17)13-3-2-8-18-13)16-9-11-4-6-12(15)7-5-11/h2-8,10,14,16-17H,9H2,1H3. The number of hydrogen-bond acceptors (Lipinski definition) is 3. The second-order valence-electron chi connectivity index (χ2n) is 4.26. The van der Waals surface area contributed by atoms with Crippen LogP contribution in [0.1, 0.15) is 23.5 Å². The number of rotatable bonds is 5. The predicted molar refractivity (Wildman–Crippen MR) is 77.0 cm³/mol. The summed E-state index contributed by atoms with van der Waals surface area (Å²) in [6.07, 6.45) is -0.461. The van der Waals surface area contributed by atoms with Crippen LogP contribution in [0.2, 0.25) is 5.02 Å². The molecule has 2 N–H and O–H groups in total. The smallest absolute Gasteiger partial charge is 0.103 e. The van der Waals surface area contributed by atoms with E-state index in [1.807, 2.05) is 48.7 Å². The summed E-state index contributed by atoms with van der Waals surface area (Å²) in [7, 11) is 0. The Bertz CT molecular complexity index is 469. The number of hydrogen-bond donors (Lipinski definition) is 2. The minimum absolute atomic E-state index is 0.0133. The highest BCUT2D eigenvalue weighted by atomic mass is 35.5. The Morgan fingerprint density at radius 2 is 2.00 bits per heavy atom. The Balaban J connectivity index is 1.88. The average Bonchev–Trinajstić information content (AvgIpc) is 2.90. The zero-order chi connectivity index (χ0) is 13.0. The van der Waals surface area contributed by atoms with E-state index in [9.17, 15) is 5.11 Å². The molecular weight excluding hydrogens is 266 g/mol. The summed E-state index contributed by atoms with van der Waals surface area (Å²) in [6, 6.07) is 11.6. The highest BCUT2D eigenvalue weighted by Crippen LogP contribution is 2.21. The van der Waals surface area contributed by atoms with Gasteiger partial charge in [0.25, 0.3) is 0 Å². The molecule has 0 saturated carbocycles. The van der Waals surface area contributed by atoms with E-state index in [4.69, 9.17) is 11.6 Å². The second-order valence-corrected chi connectivity index (χ2v) is 5.67. The van der Waals surface area contributed by atoms with Gasteiger partial charge in [-0.05, 0) is 36.1 Å². The molecule has 0 aliphatic rings. The van der Waals surface area contributed by atoms with Gasteiger partial charge < -0.3 is 10.4 Å². The van der Waals surface area contributed by atoms with Gasteiger partial charge in [-0.15, -0.1) is 11.3 Å². The molecule has 0 radical (unpaired) electrons. The highest BCUT2D eigenvalue weighted by molar-refractivity contribution is 7.10. The second kappa shape index (κ2) is 6.34. The first-order valence-electron chi connectivity index (χ1n) is 5.86. The summed E-state index contributed by atoms with van der Waals surface area (Å²) in [5.41, 5.74) is 1.16. The Labute approximate surface area is 116 Å². The van der Waals surface area contributed by atoms with E-state index in [2.05, 4.69) is 5.32 Å². The normalized spacial score (nSPS) is 14.4. The van der Waals surface area contributed by atoms with E-state index >= 15 is 0 Å². The van der Waals surface area contributed by atoms with E-state index in [1.54, 1.807) is 11.3 Å². The molecule has 0 aliphatic heterocycles. The first-order valence-corrected chi connectivity index (χ1v) is 7.12. The van der Waals surface area contributed by atoms with Crippen molar-refractivity contribution in [2.24, 2.45) is 0 Å². The molecule has 0 saturated heterocycles. The molecule has 96 valence electrons. The third-order valence-electron chi connectivity index (χ3n) is 2.85. The van der Waals surface area contributed by atoms with E-state index in [0.29, 0.717) is 0 Å². The van der Waals surface area contributed by atoms with Gasteiger partial charge in [0.05, 0.1) is 0 Å². The Morgan fingerprint density at radius 1 is 1.28 bits per heavy atom. The van der Waals surface area contributed by atoms with Crippen LogP contribution in [0, 0.1) is 0 Å². The maximum absolute atomic E-state index is 10.1. The van der Waals surface area contributed by atoms with Gasteiger partial charge in [-0.2, -0.15) is 0 Å². The minimum Gasteiger partial charge on any atom is -0.386 e. The van der Waals surface area contributed by atoms with Crippen molar-refractivity contribution >= 4 is 22.9 Å². The van der Waals surface area contributed by atoms with Gasteiger partial charge in [-0.3, -0.25) is 0 Å². The molecule has 4 heteroatoms. The molecule has 2 unspecified atom stereocenters. The zero-order valence-electron chi connectivity index (χ0n) is 10.1. The molecular formula is C14H16ClNOS. The highest BCUT2D eigenvalue weighted by Gasteiger charge is 2.16. The molecule has 0 aliphatic carbocycles. The SMILES string of the molecule is CC(NCc1ccc(Cl)cc1)C(O)c1cccs1. The van der Waals surface area contributed by atoms with Crippen LogP contribution in [-0.4, -0.2) is 11.1 Å². The summed E-state index contributed by atoms with van der Waals surface area (Å²) in [5.74, 6) is 0. The largest absolute Gasteiger partial charge is 0.386 e. The summed E-state index contributed by atoms with van der Waals surface area (Å²) < 4.78 is 0. The first-order chi connectivity index (χ1) is 8.66. The molecule has 2 aromatic rings. The Hall–Kier alpha value is -0.870. The van der Waals surface area contributed by atoms with Crippen molar-refractivity contribution in [3.05, 3.63) is 57.2 Å². The third kappa shape index (κ3) is 3.56. The molecule has 1 aromatic carbocycles. The molecule has 1 heterocycles. The van der Waals surface area contributed by atoms with Crippen molar-refractivity contribution < 1.29 is 5.11 Å². The summed E-state index contributed by atoms with van der Waals surface area (Å²) in [5, 5.41) is 16.2. The molecule has 0 amide bonds. The van der Waals surface area contributed by atoms with Gasteiger partial charge in [0, 0.05) is 22.5 Å². The molecule has 2 atom stereocenters. The number of nitrogens with one attached hydrogen (secondary N) is 1. The maximum Gasteiger partial charge on any atom is 0.103 e. The van der Waals surface area contributed by atoms with E-state index < -0.39 is 6.10 Å². The number of thiophene rings is 1. The lowest BCUT2D eigenvalue weighted by Gasteiger charge is -2.19. The van der Waals surface area contributed by atoms with Gasteiger partial charge >= 0.3 is 0 Å². The van der Waals surface area contributed by atoms with Crippen LogP contribution in [0.3, 0.4) is 0 Å². The molecule has 0 bridgehead atoms. The van der Waals surface area contributed by atoms with Crippen molar-refractivity contribution in [3.63, 3.8) is 0 Å². The molecule has 0 spiro atoms. The van der Waals surface area contributed by atoms with Crippen molar-refractivity contribution in [3.8, 4) is 0 Å².